The van der Waals surface area contributed by atoms with Crippen LogP contribution in [0.2, 0.25) is 0 Å². The van der Waals surface area contributed by atoms with Gasteiger partial charge in [0, 0.05) is 19.1 Å². The van der Waals surface area contributed by atoms with Crippen molar-refractivity contribution in [3.63, 3.8) is 0 Å². The number of hydrogen-bond acceptors (Lipinski definition) is 5. The molecule has 10 heteroatoms. The maximum absolute atomic E-state index is 14.1. The Kier molecular flexibility index (Phi) is 7.82. The first-order chi connectivity index (χ1) is 11.7. The number of nitrogens with zero attached hydrogens (tertiary/aromatic N) is 1. The first-order valence-electron chi connectivity index (χ1n) is 8.06. The van der Waals surface area contributed by atoms with Crippen LogP contribution in [0, 0.1) is 11.7 Å². The van der Waals surface area contributed by atoms with E-state index in [2.05, 4.69) is 6.92 Å². The quantitative estimate of drug-likeness (QED) is 0.753. The van der Waals surface area contributed by atoms with Crippen LogP contribution < -0.4 is 15.6 Å². The van der Waals surface area contributed by atoms with Gasteiger partial charge in [-0.2, -0.15) is 0 Å². The summed E-state index contributed by atoms with van der Waals surface area (Å²) >= 11 is 0. The Bertz CT molecular complexity index is 760. The highest BCUT2D eigenvalue weighted by Gasteiger charge is 2.29. The zero-order valence-corrected chi connectivity index (χ0v) is 16.4. The normalized spacial score (nSPS) is 20.4. The molecule has 7 nitrogen and oxygen atoms in total. The van der Waals surface area contributed by atoms with Crippen molar-refractivity contribution in [1.29, 1.82) is 0 Å². The maximum atomic E-state index is 14.1. The summed E-state index contributed by atoms with van der Waals surface area (Å²) in [7, 11) is -3.03. The van der Waals surface area contributed by atoms with Crippen LogP contribution in [0.3, 0.4) is 0 Å². The standard InChI is InChI=1S/C16H24FN3O4S.ClH/c1-10-3-4-20(12(5-10)9-18)15(21)8-11-6-13(17)16(24-2)14(7-11)25(19,22)23;/h6-7,10,12H,3-5,8-9,18H2,1-2H3,(H2,19,22,23);1H. The molecule has 0 spiro atoms. The third kappa shape index (κ3) is 5.06. The molecular formula is C16H25ClFN3O4S. The minimum absolute atomic E-state index is 0. The number of ether oxygens (including phenoxy) is 1. The fourth-order valence-electron chi connectivity index (χ4n) is 3.21. The average Bonchev–Trinajstić information content (AvgIpc) is 2.53. The second-order valence-electron chi connectivity index (χ2n) is 6.44. The Morgan fingerprint density at radius 2 is 2.08 bits per heavy atom. The number of amides is 1. The molecule has 0 aromatic heterocycles. The molecule has 1 saturated heterocycles. The Labute approximate surface area is 159 Å². The number of halogens is 2. The lowest BCUT2D eigenvalue weighted by molar-refractivity contribution is -0.134. The van der Waals surface area contributed by atoms with E-state index in [1.807, 2.05) is 0 Å². The first-order valence-corrected chi connectivity index (χ1v) is 9.60. The average molecular weight is 410 g/mol. The van der Waals surface area contributed by atoms with Gasteiger partial charge in [0.15, 0.2) is 11.6 Å². The van der Waals surface area contributed by atoms with Gasteiger partial charge in [-0.15, -0.1) is 12.4 Å². The van der Waals surface area contributed by atoms with Crippen LogP contribution in [0.1, 0.15) is 25.3 Å². The van der Waals surface area contributed by atoms with Crippen molar-refractivity contribution in [1.82, 2.24) is 4.90 Å². The zero-order chi connectivity index (χ0) is 18.8. The van der Waals surface area contributed by atoms with Crippen molar-refractivity contribution < 1.29 is 22.3 Å². The number of piperidine rings is 1. The number of benzene rings is 1. The van der Waals surface area contributed by atoms with E-state index in [4.69, 9.17) is 15.6 Å². The van der Waals surface area contributed by atoms with Crippen LogP contribution in [0.15, 0.2) is 17.0 Å². The Balaban J connectivity index is 0.00000338. The van der Waals surface area contributed by atoms with Crippen LogP contribution in [-0.4, -0.2) is 45.5 Å². The van der Waals surface area contributed by atoms with Gasteiger partial charge in [0.1, 0.15) is 4.90 Å². The summed E-state index contributed by atoms with van der Waals surface area (Å²) in [6.45, 7) is 3.06. The van der Waals surface area contributed by atoms with E-state index in [0.29, 0.717) is 19.0 Å². The number of primary sulfonamides is 1. The van der Waals surface area contributed by atoms with Gasteiger partial charge in [0.25, 0.3) is 0 Å². The molecule has 0 bridgehead atoms. The monoisotopic (exact) mass is 409 g/mol. The molecule has 1 aliphatic heterocycles. The predicted molar refractivity (Wildman–Crippen MR) is 98.2 cm³/mol. The third-order valence-corrected chi connectivity index (χ3v) is 5.42. The lowest BCUT2D eigenvalue weighted by atomic mass is 9.92. The Morgan fingerprint density at radius 3 is 2.62 bits per heavy atom. The van der Waals surface area contributed by atoms with Gasteiger partial charge in [-0.25, -0.2) is 17.9 Å². The molecule has 2 rings (SSSR count). The summed E-state index contributed by atoms with van der Waals surface area (Å²) in [6, 6.07) is 2.21. The summed E-state index contributed by atoms with van der Waals surface area (Å²) in [4.78, 5) is 13.8. The second kappa shape index (κ2) is 8.98. The summed E-state index contributed by atoms with van der Waals surface area (Å²) in [5, 5.41) is 5.12. The molecule has 26 heavy (non-hydrogen) atoms. The van der Waals surface area contributed by atoms with Crippen LogP contribution in [0.5, 0.6) is 5.75 Å². The number of carbonyl (C=O) groups is 1. The second-order valence-corrected chi connectivity index (χ2v) is 7.97. The molecule has 4 N–H and O–H groups in total. The van der Waals surface area contributed by atoms with Gasteiger partial charge in [-0.05, 0) is 36.5 Å². The molecule has 0 aliphatic carbocycles. The van der Waals surface area contributed by atoms with Crippen molar-refractivity contribution in [2.24, 2.45) is 16.8 Å². The zero-order valence-electron chi connectivity index (χ0n) is 14.8. The fraction of sp³-hybridized carbons (Fsp3) is 0.562. The summed E-state index contributed by atoms with van der Waals surface area (Å²) in [5.41, 5.74) is 5.99. The van der Waals surface area contributed by atoms with E-state index in [1.54, 1.807) is 4.90 Å². The lowest BCUT2D eigenvalue weighted by Crippen LogP contribution is -2.49. The van der Waals surface area contributed by atoms with Gasteiger partial charge in [0.05, 0.1) is 13.5 Å². The number of likely N-dealkylation sites (tertiary alicyclic amines) is 1. The predicted octanol–water partition coefficient (Wildman–Crippen LogP) is 1.03. The third-order valence-electron chi connectivity index (χ3n) is 4.51. The highest BCUT2D eigenvalue weighted by molar-refractivity contribution is 7.89. The molecule has 2 atom stereocenters. The van der Waals surface area contributed by atoms with E-state index in [-0.39, 0.29) is 36.3 Å². The van der Waals surface area contributed by atoms with Crippen molar-refractivity contribution in [3.05, 3.63) is 23.5 Å². The fourth-order valence-corrected chi connectivity index (χ4v) is 3.97. The van der Waals surface area contributed by atoms with Gasteiger partial charge >= 0.3 is 0 Å². The van der Waals surface area contributed by atoms with Crippen molar-refractivity contribution >= 4 is 28.3 Å². The number of nitrogens with two attached hydrogens (primary N) is 2. The molecule has 1 aliphatic rings. The molecule has 1 aromatic rings. The van der Waals surface area contributed by atoms with E-state index in [1.165, 1.54) is 6.07 Å². The van der Waals surface area contributed by atoms with Gasteiger partial charge < -0.3 is 15.4 Å². The smallest absolute Gasteiger partial charge is 0.241 e. The molecular weight excluding hydrogens is 385 g/mol. The van der Waals surface area contributed by atoms with Gasteiger partial charge in [-0.3, -0.25) is 4.79 Å². The van der Waals surface area contributed by atoms with Crippen molar-refractivity contribution in [2.45, 2.75) is 37.1 Å². The van der Waals surface area contributed by atoms with E-state index < -0.39 is 26.5 Å². The lowest BCUT2D eigenvalue weighted by Gasteiger charge is -2.38. The number of hydrogen-bond donors (Lipinski definition) is 2. The van der Waals surface area contributed by atoms with Crippen molar-refractivity contribution in [2.75, 3.05) is 20.2 Å². The molecule has 1 heterocycles. The molecule has 0 saturated carbocycles. The molecule has 1 fully saturated rings. The van der Waals surface area contributed by atoms with Crippen LogP contribution in [-0.2, 0) is 21.2 Å². The molecule has 1 aromatic carbocycles. The van der Waals surface area contributed by atoms with Crippen LogP contribution in [0.25, 0.3) is 0 Å². The largest absolute Gasteiger partial charge is 0.492 e. The molecule has 1 amide bonds. The Hall–Kier alpha value is -1.42. The topological polar surface area (TPSA) is 116 Å². The SMILES string of the molecule is COc1c(F)cc(CC(=O)N2CCC(C)CC2CN)cc1S(N)(=O)=O.Cl. The number of rotatable bonds is 5. The number of methoxy groups -OCH3 is 1. The van der Waals surface area contributed by atoms with E-state index in [9.17, 15) is 17.6 Å². The van der Waals surface area contributed by atoms with Crippen molar-refractivity contribution in [3.8, 4) is 5.75 Å². The van der Waals surface area contributed by atoms with Gasteiger partial charge in [0.2, 0.25) is 15.9 Å². The summed E-state index contributed by atoms with van der Waals surface area (Å²) in [6.07, 6.45) is 1.57. The van der Waals surface area contributed by atoms with E-state index in [0.717, 1.165) is 26.0 Å². The summed E-state index contributed by atoms with van der Waals surface area (Å²) < 4.78 is 42.2. The minimum Gasteiger partial charge on any atom is -0.492 e. The van der Waals surface area contributed by atoms with Crippen LogP contribution in [0.4, 0.5) is 4.39 Å². The molecule has 2 unspecified atom stereocenters. The van der Waals surface area contributed by atoms with E-state index >= 15 is 0 Å². The number of sulfonamides is 1. The maximum Gasteiger partial charge on any atom is 0.241 e. The highest BCUT2D eigenvalue weighted by atomic mass is 35.5. The number of carbonyl (C=O) groups excluding carboxylic acids is 1. The van der Waals surface area contributed by atoms with Crippen LogP contribution >= 0.6 is 12.4 Å². The minimum atomic E-state index is -4.18. The molecule has 0 radical (unpaired) electrons. The summed E-state index contributed by atoms with van der Waals surface area (Å²) in [5.74, 6) is -1.05. The van der Waals surface area contributed by atoms with Gasteiger partial charge in [-0.1, -0.05) is 6.92 Å². The molecule has 148 valence electrons. The first kappa shape index (κ1) is 22.6. The Morgan fingerprint density at radius 1 is 1.42 bits per heavy atom. The highest BCUT2D eigenvalue weighted by Crippen LogP contribution is 2.29.